The van der Waals surface area contributed by atoms with Crippen molar-refractivity contribution in [2.45, 2.75) is 61.0 Å². The second kappa shape index (κ2) is 17.6. The van der Waals surface area contributed by atoms with Crippen LogP contribution in [0.2, 0.25) is 0 Å². The van der Waals surface area contributed by atoms with Gasteiger partial charge in [-0.2, -0.15) is 9.40 Å². The number of nitrogens with zero attached hydrogens (tertiary/aromatic N) is 4. The maximum atomic E-state index is 13.7. The number of amides is 1. The molecular weight excluding hydrogens is 753 g/mol. The van der Waals surface area contributed by atoms with Crippen LogP contribution in [0, 0.1) is 6.92 Å². The van der Waals surface area contributed by atoms with Crippen molar-refractivity contribution in [1.82, 2.24) is 24.9 Å². The maximum Gasteiger partial charge on any atom is 0.242 e. The van der Waals surface area contributed by atoms with E-state index in [2.05, 4.69) is 25.6 Å². The summed E-state index contributed by atoms with van der Waals surface area (Å²) in [4.78, 5) is 13.8. The molecule has 0 spiro atoms. The molecular formula is C41H40N6O7S2. The van der Waals surface area contributed by atoms with Gasteiger partial charge >= 0.3 is 0 Å². The Labute approximate surface area is 328 Å². The Morgan fingerprint density at radius 1 is 0.875 bits per heavy atom. The van der Waals surface area contributed by atoms with Gasteiger partial charge in [-0.05, 0) is 89.0 Å². The van der Waals surface area contributed by atoms with E-state index in [0.29, 0.717) is 34.3 Å². The van der Waals surface area contributed by atoms with Gasteiger partial charge in [0.05, 0.1) is 29.4 Å². The van der Waals surface area contributed by atoms with Gasteiger partial charge in [0.25, 0.3) is 0 Å². The number of anilines is 1. The molecule has 1 aliphatic heterocycles. The predicted molar refractivity (Wildman–Crippen MR) is 210 cm³/mol. The molecule has 0 saturated carbocycles. The van der Waals surface area contributed by atoms with Gasteiger partial charge in [0, 0.05) is 23.4 Å². The number of aliphatic hydroxyl groups excluding tert-OH is 1. The molecule has 6 aromatic rings. The third-order valence-electron chi connectivity index (χ3n) is 9.23. The number of tetrazole rings is 1. The molecule has 2 heterocycles. The molecule has 4 N–H and O–H groups in total. The van der Waals surface area contributed by atoms with Crippen LogP contribution in [0.1, 0.15) is 46.6 Å². The number of aryl methyl sites for hydroxylation is 1. The van der Waals surface area contributed by atoms with Gasteiger partial charge in [-0.3, -0.25) is 4.79 Å². The normalized spacial score (nSPS) is 17.6. The number of carbonyl (C=O) groups is 1. The lowest BCUT2D eigenvalue weighted by atomic mass is 10.0. The van der Waals surface area contributed by atoms with Gasteiger partial charge in [-0.1, -0.05) is 96.2 Å². The number of hydrogen-bond donors (Lipinski definition) is 4. The molecule has 0 aliphatic carbocycles. The van der Waals surface area contributed by atoms with Gasteiger partial charge in [0.2, 0.25) is 21.1 Å². The highest BCUT2D eigenvalue weighted by Crippen LogP contribution is 2.39. The quantitative estimate of drug-likeness (QED) is 0.0947. The van der Waals surface area contributed by atoms with E-state index >= 15 is 0 Å². The van der Waals surface area contributed by atoms with Crippen LogP contribution in [0.3, 0.4) is 0 Å². The number of nitrogens with one attached hydrogen (secondary N) is 2. The average Bonchev–Trinajstić information content (AvgIpc) is 3.69. The van der Waals surface area contributed by atoms with Gasteiger partial charge in [-0.25, -0.2) is 8.42 Å². The highest BCUT2D eigenvalue weighted by Gasteiger charge is 2.33. The highest BCUT2D eigenvalue weighted by molar-refractivity contribution is 7.99. The fourth-order valence-corrected chi connectivity index (χ4v) is 8.28. The monoisotopic (exact) mass is 792 g/mol. The molecule has 1 fully saturated rings. The van der Waals surface area contributed by atoms with Crippen LogP contribution in [0.4, 0.5) is 5.69 Å². The number of carbonyl (C=O) groups excluding carboxylic acids is 1. The number of phenols is 1. The molecule has 13 nitrogen and oxygen atoms in total. The lowest BCUT2D eigenvalue weighted by molar-refractivity contribution is -0.245. The minimum absolute atomic E-state index is 0.0684. The van der Waals surface area contributed by atoms with E-state index in [-0.39, 0.29) is 35.9 Å². The predicted octanol–water partition coefficient (Wildman–Crippen LogP) is 6.03. The maximum absolute atomic E-state index is 13.7. The lowest BCUT2D eigenvalue weighted by Gasteiger charge is -2.36. The summed E-state index contributed by atoms with van der Waals surface area (Å²) in [5.74, 6) is 0.124. The average molecular weight is 793 g/mol. The zero-order valence-electron chi connectivity index (χ0n) is 30.3. The minimum atomic E-state index is -4.01. The van der Waals surface area contributed by atoms with Crippen molar-refractivity contribution in [3.63, 3.8) is 0 Å². The molecule has 288 valence electrons. The Bertz CT molecular complexity index is 2330. The first-order valence-electron chi connectivity index (χ1n) is 17.9. The first-order chi connectivity index (χ1) is 27.1. The minimum Gasteiger partial charge on any atom is -0.508 e. The smallest absolute Gasteiger partial charge is 0.242 e. The van der Waals surface area contributed by atoms with Crippen molar-refractivity contribution < 1.29 is 32.9 Å². The summed E-state index contributed by atoms with van der Waals surface area (Å²) < 4.78 is 43.9. The van der Waals surface area contributed by atoms with Crippen LogP contribution in [0.15, 0.2) is 137 Å². The Morgan fingerprint density at radius 2 is 1.57 bits per heavy atom. The Kier molecular flexibility index (Phi) is 12.2. The summed E-state index contributed by atoms with van der Waals surface area (Å²) in [6.07, 6.45) is -0.702. The van der Waals surface area contributed by atoms with Crippen molar-refractivity contribution in [3.8, 4) is 11.4 Å². The highest BCUT2D eigenvalue weighted by atomic mass is 32.2. The van der Waals surface area contributed by atoms with Crippen LogP contribution in [0.5, 0.6) is 5.75 Å². The summed E-state index contributed by atoms with van der Waals surface area (Å²) in [7, 11) is -4.01. The molecule has 1 aliphatic rings. The molecule has 7 rings (SSSR count). The molecule has 5 aromatic carbocycles. The van der Waals surface area contributed by atoms with E-state index in [1.807, 2.05) is 61.5 Å². The molecule has 0 bridgehead atoms. The standard InChI is InChI=1S/C41H40N6O7S2/c1-27-7-21-36(22-8-27)56(51,52)44-37(23-28-5-3-2-4-6-28)39(50)42-32-15-13-31(14-16-32)40-53-35(24-38(54-40)30-11-9-29(25-48)10-12-30)26-55-41-43-45-46-47(41)33-17-19-34(49)20-18-33/h2-22,35,37-38,40,44,48-49H,23-26H2,1H3,(H,42,50)/t35-,37-,38+,40+/m1/s1. The number of benzene rings is 5. The van der Waals surface area contributed by atoms with Gasteiger partial charge in [0.1, 0.15) is 11.8 Å². The van der Waals surface area contributed by atoms with Crippen LogP contribution in [0.25, 0.3) is 5.69 Å². The van der Waals surface area contributed by atoms with Gasteiger partial charge < -0.3 is 25.0 Å². The second-order valence-electron chi connectivity index (χ2n) is 13.3. The van der Waals surface area contributed by atoms with E-state index in [1.165, 1.54) is 23.9 Å². The molecule has 0 unspecified atom stereocenters. The Hall–Kier alpha value is -5.42. The van der Waals surface area contributed by atoms with Gasteiger partial charge in [0.15, 0.2) is 6.29 Å². The largest absolute Gasteiger partial charge is 0.508 e. The van der Waals surface area contributed by atoms with E-state index in [1.54, 1.807) is 65.3 Å². The van der Waals surface area contributed by atoms with E-state index in [4.69, 9.17) is 9.47 Å². The van der Waals surface area contributed by atoms with Crippen molar-refractivity contribution in [3.05, 3.63) is 155 Å². The Balaban J connectivity index is 1.07. The summed E-state index contributed by atoms with van der Waals surface area (Å²) in [5.41, 5.74) is 5.31. The number of rotatable bonds is 14. The molecule has 56 heavy (non-hydrogen) atoms. The molecule has 1 aromatic heterocycles. The van der Waals surface area contributed by atoms with Crippen LogP contribution >= 0.6 is 11.8 Å². The lowest BCUT2D eigenvalue weighted by Crippen LogP contribution is -2.45. The van der Waals surface area contributed by atoms with E-state index in [9.17, 15) is 23.4 Å². The van der Waals surface area contributed by atoms with Crippen molar-refractivity contribution >= 4 is 33.4 Å². The zero-order chi connectivity index (χ0) is 39.1. The fraction of sp³-hybridized carbons (Fsp3) is 0.220. The number of hydrogen-bond acceptors (Lipinski definition) is 11. The van der Waals surface area contributed by atoms with Crippen molar-refractivity contribution in [1.29, 1.82) is 0 Å². The van der Waals surface area contributed by atoms with E-state index < -0.39 is 28.3 Å². The first-order valence-corrected chi connectivity index (χ1v) is 20.4. The summed E-state index contributed by atoms with van der Waals surface area (Å²) in [6.45, 7) is 1.80. The summed E-state index contributed by atoms with van der Waals surface area (Å²) in [6, 6.07) is 35.8. The van der Waals surface area contributed by atoms with Crippen molar-refractivity contribution in [2.75, 3.05) is 11.1 Å². The number of aromatic nitrogens is 4. The number of ether oxygens (including phenoxy) is 2. The Morgan fingerprint density at radius 3 is 2.27 bits per heavy atom. The number of phenolic OH excluding ortho intramolecular Hbond substituents is 1. The fourth-order valence-electron chi connectivity index (χ4n) is 6.18. The van der Waals surface area contributed by atoms with Crippen LogP contribution < -0.4 is 10.0 Å². The van der Waals surface area contributed by atoms with Crippen LogP contribution in [-0.2, 0) is 37.3 Å². The number of thioether (sulfide) groups is 1. The molecule has 1 amide bonds. The first kappa shape index (κ1) is 38.8. The third-order valence-corrected chi connectivity index (χ3v) is 11.8. The summed E-state index contributed by atoms with van der Waals surface area (Å²) in [5, 5.41) is 34.9. The number of sulfonamides is 1. The SMILES string of the molecule is Cc1ccc(S(=O)(=O)N[C@H](Cc2ccccc2)C(=O)Nc2ccc([C@H]3O[C@@H](CSc4nnnn4-c4ccc(O)cc4)C[C@@H](c4ccc(CO)cc4)O3)cc2)cc1. The number of aliphatic hydroxyl groups is 1. The van der Waals surface area contributed by atoms with Gasteiger partial charge in [-0.15, -0.1) is 5.10 Å². The summed E-state index contributed by atoms with van der Waals surface area (Å²) >= 11 is 1.43. The van der Waals surface area contributed by atoms with E-state index in [0.717, 1.165) is 22.3 Å². The molecule has 15 heteroatoms. The number of aromatic hydroxyl groups is 1. The van der Waals surface area contributed by atoms with Crippen LogP contribution in [-0.4, -0.2) is 62.6 Å². The third kappa shape index (κ3) is 9.68. The zero-order valence-corrected chi connectivity index (χ0v) is 31.9. The molecule has 4 atom stereocenters. The molecule has 0 radical (unpaired) electrons. The van der Waals surface area contributed by atoms with Crippen molar-refractivity contribution in [2.24, 2.45) is 0 Å². The second-order valence-corrected chi connectivity index (χ2v) is 16.0. The molecule has 1 saturated heterocycles. The topological polar surface area (TPSA) is 178 Å².